The lowest BCUT2D eigenvalue weighted by molar-refractivity contribution is -0.140. The third-order valence-corrected chi connectivity index (χ3v) is 1.92. The number of allylic oxidation sites excluding steroid dienone is 5. The molecule has 0 amide bonds. The van der Waals surface area contributed by atoms with Gasteiger partial charge in [-0.2, -0.15) is 0 Å². The fourth-order valence-corrected chi connectivity index (χ4v) is 1.27. The minimum Gasteiger partial charge on any atom is -0.480 e. The topological polar surface area (TPSA) is 58.9 Å². The zero-order valence-electron chi connectivity index (χ0n) is 8.73. The van der Waals surface area contributed by atoms with Gasteiger partial charge in [-0.3, -0.25) is 4.99 Å². The summed E-state index contributed by atoms with van der Waals surface area (Å²) >= 11 is 0. The summed E-state index contributed by atoms with van der Waals surface area (Å²) < 4.78 is 5.12. The van der Waals surface area contributed by atoms with Gasteiger partial charge in [0.05, 0.1) is 0 Å². The quantitative estimate of drug-likeness (QED) is 0.764. The zero-order chi connectivity index (χ0) is 11.3. The second kappa shape index (κ2) is 5.14. The van der Waals surface area contributed by atoms with Gasteiger partial charge in [-0.15, -0.1) is 0 Å². The number of carbonyl (C=O) groups is 1. The van der Waals surface area contributed by atoms with Gasteiger partial charge >= 0.3 is 5.97 Å². The van der Waals surface area contributed by atoms with Crippen LogP contribution in [0.1, 0.15) is 6.92 Å². The second-order valence-electron chi connectivity index (χ2n) is 2.89. The molecule has 0 bridgehead atoms. The predicted octanol–water partition coefficient (Wildman–Crippen LogP) is 1.56. The Morgan fingerprint density at radius 3 is 2.93 bits per heavy atom. The molecule has 1 aliphatic rings. The molecule has 0 unspecified atom stereocenters. The molecule has 0 atom stereocenters. The maximum Gasteiger partial charge on any atom is 0.341 e. The molecule has 0 saturated heterocycles. The summed E-state index contributed by atoms with van der Waals surface area (Å²) in [6.07, 6.45) is 7.31. The highest BCUT2D eigenvalue weighted by molar-refractivity contribution is 6.14. The first kappa shape index (κ1) is 11.2. The summed E-state index contributed by atoms with van der Waals surface area (Å²) in [5.41, 5.74) is 1.61. The van der Waals surface area contributed by atoms with E-state index in [4.69, 9.17) is 9.84 Å². The Kier molecular flexibility index (Phi) is 3.85. The van der Waals surface area contributed by atoms with E-state index in [9.17, 15) is 4.79 Å². The van der Waals surface area contributed by atoms with E-state index in [0.29, 0.717) is 11.5 Å². The number of aliphatic imine (C=N–C) groups is 1. The molecule has 4 heteroatoms. The van der Waals surface area contributed by atoms with Gasteiger partial charge in [0.1, 0.15) is 11.5 Å². The Morgan fingerprint density at radius 1 is 1.67 bits per heavy atom. The molecule has 1 N–H and O–H groups in total. The van der Waals surface area contributed by atoms with E-state index in [0.717, 1.165) is 5.57 Å². The first-order chi connectivity index (χ1) is 7.19. The normalized spacial score (nSPS) is 20.5. The molecule has 1 aliphatic carbocycles. The minimum absolute atomic E-state index is 0.352. The summed E-state index contributed by atoms with van der Waals surface area (Å²) in [5, 5.41) is 8.50. The van der Waals surface area contributed by atoms with Crippen molar-refractivity contribution in [3.05, 3.63) is 35.6 Å². The monoisotopic (exact) mass is 207 g/mol. The number of carboxylic acids is 1. The molecule has 15 heavy (non-hydrogen) atoms. The van der Waals surface area contributed by atoms with E-state index < -0.39 is 5.97 Å². The molecule has 0 radical (unpaired) electrons. The zero-order valence-corrected chi connectivity index (χ0v) is 8.73. The van der Waals surface area contributed by atoms with Gasteiger partial charge in [-0.05, 0) is 18.6 Å². The van der Waals surface area contributed by atoms with Crippen LogP contribution in [0.2, 0.25) is 0 Å². The van der Waals surface area contributed by atoms with Crippen molar-refractivity contribution in [2.75, 3.05) is 13.7 Å². The molecule has 80 valence electrons. The van der Waals surface area contributed by atoms with E-state index in [2.05, 4.69) is 4.99 Å². The highest BCUT2D eigenvalue weighted by Gasteiger charge is 2.14. The molecule has 0 fully saturated rings. The van der Waals surface area contributed by atoms with Gasteiger partial charge in [0, 0.05) is 7.05 Å². The molecule has 0 aromatic carbocycles. The summed E-state index contributed by atoms with van der Waals surface area (Å²) in [4.78, 5) is 14.4. The summed E-state index contributed by atoms with van der Waals surface area (Å²) in [5.74, 6) is -0.501. The molecule has 0 heterocycles. The Morgan fingerprint density at radius 2 is 2.40 bits per heavy atom. The van der Waals surface area contributed by atoms with Crippen molar-refractivity contribution in [3.8, 4) is 0 Å². The maximum atomic E-state index is 10.4. The molecule has 0 spiro atoms. The largest absolute Gasteiger partial charge is 0.480 e. The van der Waals surface area contributed by atoms with Crippen molar-refractivity contribution in [3.63, 3.8) is 0 Å². The van der Waals surface area contributed by atoms with Crippen molar-refractivity contribution in [1.29, 1.82) is 0 Å². The first-order valence-electron chi connectivity index (χ1n) is 4.55. The molecule has 1 rings (SSSR count). The van der Waals surface area contributed by atoms with Crippen LogP contribution in [0.25, 0.3) is 0 Å². The van der Waals surface area contributed by atoms with Crippen LogP contribution in [0.15, 0.2) is 40.6 Å². The number of carboxylic acid groups (broad SMARTS) is 1. The SMILES string of the molecule is C/C=C1/C=CC=C(OCC(=O)O)C1=NC. The number of nitrogens with zero attached hydrogens (tertiary/aromatic N) is 1. The highest BCUT2D eigenvalue weighted by Crippen LogP contribution is 2.16. The lowest BCUT2D eigenvalue weighted by atomic mass is 10.0. The Hall–Kier alpha value is -1.84. The smallest absolute Gasteiger partial charge is 0.341 e. The molecule has 0 aromatic heterocycles. The van der Waals surface area contributed by atoms with E-state index in [1.54, 1.807) is 19.2 Å². The number of hydrogen-bond acceptors (Lipinski definition) is 3. The van der Waals surface area contributed by atoms with Crippen molar-refractivity contribution in [2.24, 2.45) is 4.99 Å². The summed E-state index contributed by atoms with van der Waals surface area (Å²) in [6, 6.07) is 0. The molecule has 0 aliphatic heterocycles. The highest BCUT2D eigenvalue weighted by atomic mass is 16.5. The third-order valence-electron chi connectivity index (χ3n) is 1.92. The Labute approximate surface area is 88.3 Å². The second-order valence-corrected chi connectivity index (χ2v) is 2.89. The molecular weight excluding hydrogens is 194 g/mol. The van der Waals surface area contributed by atoms with Crippen LogP contribution < -0.4 is 0 Å². The standard InChI is InChI=1S/C11H13NO3/c1-3-8-5-4-6-9(11(8)12-2)15-7-10(13)14/h3-6H,7H2,1-2H3,(H,13,14)/b8-3-,12-11?. The van der Waals surface area contributed by atoms with E-state index in [-0.39, 0.29) is 6.61 Å². The van der Waals surface area contributed by atoms with Crippen molar-refractivity contribution in [2.45, 2.75) is 6.92 Å². The summed E-state index contributed by atoms with van der Waals surface area (Å²) in [7, 11) is 1.65. The van der Waals surface area contributed by atoms with Crippen LogP contribution in [-0.2, 0) is 9.53 Å². The van der Waals surface area contributed by atoms with Crippen LogP contribution in [-0.4, -0.2) is 30.4 Å². The number of rotatable bonds is 3. The molecular formula is C11H13NO3. The van der Waals surface area contributed by atoms with Crippen LogP contribution >= 0.6 is 0 Å². The van der Waals surface area contributed by atoms with Gasteiger partial charge in [-0.1, -0.05) is 18.2 Å². The maximum absolute atomic E-state index is 10.4. The number of ether oxygens (including phenoxy) is 1. The molecule has 0 saturated carbocycles. The third kappa shape index (κ3) is 2.80. The van der Waals surface area contributed by atoms with Gasteiger partial charge < -0.3 is 9.84 Å². The predicted molar refractivity (Wildman–Crippen MR) is 57.9 cm³/mol. The summed E-state index contributed by atoms with van der Waals surface area (Å²) in [6.45, 7) is 1.54. The average molecular weight is 207 g/mol. The van der Waals surface area contributed by atoms with Crippen LogP contribution in [0.5, 0.6) is 0 Å². The van der Waals surface area contributed by atoms with Crippen molar-refractivity contribution >= 4 is 11.7 Å². The number of aliphatic carboxylic acids is 1. The molecule has 4 nitrogen and oxygen atoms in total. The lowest BCUT2D eigenvalue weighted by Gasteiger charge is -2.14. The van der Waals surface area contributed by atoms with Gasteiger partial charge in [0.25, 0.3) is 0 Å². The van der Waals surface area contributed by atoms with Gasteiger partial charge in [0.2, 0.25) is 0 Å². The Balaban J connectivity index is 2.83. The van der Waals surface area contributed by atoms with Crippen molar-refractivity contribution < 1.29 is 14.6 Å². The Bertz CT molecular complexity index is 375. The van der Waals surface area contributed by atoms with Crippen LogP contribution in [0.3, 0.4) is 0 Å². The number of hydrogen-bond donors (Lipinski definition) is 1. The van der Waals surface area contributed by atoms with Crippen LogP contribution in [0.4, 0.5) is 0 Å². The average Bonchev–Trinajstić information content (AvgIpc) is 2.25. The fraction of sp³-hybridized carbons (Fsp3) is 0.273. The van der Waals surface area contributed by atoms with Gasteiger partial charge in [-0.25, -0.2) is 4.79 Å². The van der Waals surface area contributed by atoms with Crippen LogP contribution in [0, 0.1) is 0 Å². The minimum atomic E-state index is -0.997. The molecule has 0 aromatic rings. The first-order valence-corrected chi connectivity index (χ1v) is 4.55. The lowest BCUT2D eigenvalue weighted by Crippen LogP contribution is -2.15. The van der Waals surface area contributed by atoms with Gasteiger partial charge in [0.15, 0.2) is 6.61 Å². The van der Waals surface area contributed by atoms with E-state index in [1.165, 1.54) is 0 Å². The van der Waals surface area contributed by atoms with E-state index in [1.807, 2.05) is 19.1 Å². The fourth-order valence-electron chi connectivity index (χ4n) is 1.27. The van der Waals surface area contributed by atoms with Crippen molar-refractivity contribution in [1.82, 2.24) is 0 Å². The van der Waals surface area contributed by atoms with E-state index >= 15 is 0 Å².